The molecule has 1 atom stereocenters. The van der Waals surface area contributed by atoms with E-state index in [2.05, 4.69) is 15.4 Å². The number of aliphatic hydroxyl groups is 1. The molecule has 27 heavy (non-hydrogen) atoms. The summed E-state index contributed by atoms with van der Waals surface area (Å²) in [5.74, 6) is 0.334. The molecule has 0 unspecified atom stereocenters. The molecule has 1 amide bonds. The van der Waals surface area contributed by atoms with Crippen LogP contribution in [0.1, 0.15) is 27.8 Å². The number of hydrogen-bond donors (Lipinski definition) is 2. The highest BCUT2D eigenvalue weighted by molar-refractivity contribution is 6.31. The van der Waals surface area contributed by atoms with Crippen LogP contribution in [0.3, 0.4) is 0 Å². The highest BCUT2D eigenvalue weighted by atomic mass is 35.5. The predicted octanol–water partition coefficient (Wildman–Crippen LogP) is 2.60. The normalized spacial score (nSPS) is 11.8. The summed E-state index contributed by atoms with van der Waals surface area (Å²) in [6, 6.07) is 14.4. The molecule has 0 radical (unpaired) electrons. The van der Waals surface area contributed by atoms with Crippen molar-refractivity contribution >= 4 is 17.5 Å². The Morgan fingerprint density at radius 2 is 2.00 bits per heavy atom. The van der Waals surface area contributed by atoms with Gasteiger partial charge in [0, 0.05) is 11.6 Å². The van der Waals surface area contributed by atoms with Gasteiger partial charge in [-0.15, -0.1) is 5.10 Å². The van der Waals surface area contributed by atoms with Gasteiger partial charge in [0.1, 0.15) is 12.1 Å². The number of methoxy groups -OCH3 is 1. The maximum atomic E-state index is 12.2. The zero-order valence-electron chi connectivity index (χ0n) is 14.7. The summed E-state index contributed by atoms with van der Waals surface area (Å²) in [4.78, 5) is 16.2. The quantitative estimate of drug-likeness (QED) is 0.651. The summed E-state index contributed by atoms with van der Waals surface area (Å²) >= 11 is 6.07. The van der Waals surface area contributed by atoms with Crippen LogP contribution in [0.15, 0.2) is 54.9 Å². The topological polar surface area (TPSA) is 89.3 Å². The molecule has 0 aliphatic heterocycles. The molecule has 0 bridgehead atoms. The van der Waals surface area contributed by atoms with E-state index in [0.29, 0.717) is 10.8 Å². The molecule has 0 saturated carbocycles. The van der Waals surface area contributed by atoms with Crippen LogP contribution in [0.25, 0.3) is 0 Å². The minimum absolute atomic E-state index is 0.0315. The molecule has 1 heterocycles. The Balaban J connectivity index is 1.58. The summed E-state index contributed by atoms with van der Waals surface area (Å²) in [5, 5.41) is 17.8. The second-order valence-electron chi connectivity index (χ2n) is 5.85. The Kier molecular flexibility index (Phi) is 6.05. The van der Waals surface area contributed by atoms with Gasteiger partial charge in [-0.3, -0.25) is 4.79 Å². The number of nitrogens with zero attached hydrogens (tertiary/aromatic N) is 3. The molecule has 2 N–H and O–H groups in total. The highest BCUT2D eigenvalue weighted by Gasteiger charge is 2.14. The largest absolute Gasteiger partial charge is 0.497 e. The van der Waals surface area contributed by atoms with E-state index < -0.39 is 12.0 Å². The molecule has 0 aliphatic rings. The summed E-state index contributed by atoms with van der Waals surface area (Å²) in [6.07, 6.45) is 0.633. The van der Waals surface area contributed by atoms with Gasteiger partial charge in [-0.05, 0) is 29.3 Å². The number of carbonyl (C=O) groups is 1. The van der Waals surface area contributed by atoms with Crippen molar-refractivity contribution in [2.75, 3.05) is 7.11 Å². The monoisotopic (exact) mass is 386 g/mol. The number of rotatable bonds is 7. The van der Waals surface area contributed by atoms with Crippen LogP contribution in [0, 0.1) is 0 Å². The predicted molar refractivity (Wildman–Crippen MR) is 101 cm³/mol. The molecule has 0 spiro atoms. The zero-order chi connectivity index (χ0) is 19.2. The first kappa shape index (κ1) is 18.9. The van der Waals surface area contributed by atoms with Crippen LogP contribution >= 0.6 is 11.6 Å². The van der Waals surface area contributed by atoms with Crippen molar-refractivity contribution in [1.82, 2.24) is 20.1 Å². The fourth-order valence-electron chi connectivity index (χ4n) is 2.49. The molecule has 7 nitrogen and oxygen atoms in total. The average Bonchev–Trinajstić information content (AvgIpc) is 3.15. The second kappa shape index (κ2) is 8.66. The summed E-state index contributed by atoms with van der Waals surface area (Å²) in [7, 11) is 1.58. The van der Waals surface area contributed by atoms with Gasteiger partial charge < -0.3 is 15.2 Å². The maximum Gasteiger partial charge on any atom is 0.291 e. The van der Waals surface area contributed by atoms with Gasteiger partial charge in [0.05, 0.1) is 19.8 Å². The minimum Gasteiger partial charge on any atom is -0.497 e. The molecule has 3 aromatic rings. The van der Waals surface area contributed by atoms with Crippen molar-refractivity contribution in [1.29, 1.82) is 0 Å². The second-order valence-corrected chi connectivity index (χ2v) is 6.26. The van der Waals surface area contributed by atoms with Gasteiger partial charge in [0.15, 0.2) is 0 Å². The number of amides is 1. The Hall–Kier alpha value is -2.90. The number of nitrogens with one attached hydrogen (secondary N) is 1. The molecular weight excluding hydrogens is 368 g/mol. The van der Waals surface area contributed by atoms with Gasteiger partial charge in [0.25, 0.3) is 5.91 Å². The molecule has 140 valence electrons. The van der Waals surface area contributed by atoms with Crippen molar-refractivity contribution in [2.45, 2.75) is 19.2 Å². The van der Waals surface area contributed by atoms with Crippen LogP contribution in [-0.4, -0.2) is 32.9 Å². The molecule has 3 rings (SSSR count). The molecule has 0 saturated heterocycles. The van der Waals surface area contributed by atoms with Crippen LogP contribution in [0.2, 0.25) is 5.02 Å². The first-order valence-corrected chi connectivity index (χ1v) is 8.67. The van der Waals surface area contributed by atoms with E-state index >= 15 is 0 Å². The van der Waals surface area contributed by atoms with Crippen LogP contribution < -0.4 is 10.1 Å². The van der Waals surface area contributed by atoms with Crippen molar-refractivity contribution < 1.29 is 14.6 Å². The standard InChI is InChI=1S/C19H19ClN4O3/c1-27-15-8-6-13(7-9-15)17(25)11-24-12-22-18(23-24)19(26)21-10-14-4-2-3-5-16(14)20/h2-9,12,17,25H,10-11H2,1H3,(H,21,26)/t17-/m0/s1. The fraction of sp³-hybridized carbons (Fsp3) is 0.211. The van der Waals surface area contributed by atoms with Crippen molar-refractivity contribution in [2.24, 2.45) is 0 Å². The van der Waals surface area contributed by atoms with Gasteiger partial charge >= 0.3 is 0 Å². The van der Waals surface area contributed by atoms with Crippen molar-refractivity contribution in [3.05, 3.63) is 76.8 Å². The molecular formula is C19H19ClN4O3. The summed E-state index contributed by atoms with van der Waals surface area (Å²) in [6.45, 7) is 0.457. The SMILES string of the molecule is COc1ccc([C@@H](O)Cn2cnc(C(=O)NCc3ccccc3Cl)n2)cc1. The van der Waals surface area contributed by atoms with Crippen LogP contribution in [0.4, 0.5) is 0 Å². The molecule has 8 heteroatoms. The fourth-order valence-corrected chi connectivity index (χ4v) is 2.69. The van der Waals surface area contributed by atoms with Crippen LogP contribution in [0.5, 0.6) is 5.75 Å². The summed E-state index contributed by atoms with van der Waals surface area (Å²) < 4.78 is 6.53. The van der Waals surface area contributed by atoms with Crippen LogP contribution in [-0.2, 0) is 13.1 Å². The third-order valence-corrected chi connectivity index (χ3v) is 4.37. The lowest BCUT2D eigenvalue weighted by atomic mass is 10.1. The number of ether oxygens (including phenoxy) is 1. The number of aromatic nitrogens is 3. The number of halogens is 1. The number of benzene rings is 2. The van der Waals surface area contributed by atoms with Gasteiger partial charge in [-0.1, -0.05) is 41.9 Å². The number of aliphatic hydroxyl groups excluding tert-OH is 1. The van der Waals surface area contributed by atoms with E-state index in [1.54, 1.807) is 37.4 Å². The maximum absolute atomic E-state index is 12.2. The zero-order valence-corrected chi connectivity index (χ0v) is 15.4. The van der Waals surface area contributed by atoms with E-state index in [4.69, 9.17) is 16.3 Å². The third-order valence-electron chi connectivity index (χ3n) is 4.00. The lowest BCUT2D eigenvalue weighted by Gasteiger charge is -2.11. The highest BCUT2D eigenvalue weighted by Crippen LogP contribution is 2.19. The molecule has 1 aromatic heterocycles. The number of carbonyl (C=O) groups excluding carboxylic acids is 1. The lowest BCUT2D eigenvalue weighted by molar-refractivity contribution is 0.0938. The van der Waals surface area contributed by atoms with Crippen molar-refractivity contribution in [3.63, 3.8) is 0 Å². The Morgan fingerprint density at radius 1 is 1.26 bits per heavy atom. The Labute approximate surface area is 161 Å². The van der Waals surface area contributed by atoms with Gasteiger partial charge in [0.2, 0.25) is 5.82 Å². The van der Waals surface area contributed by atoms with E-state index in [0.717, 1.165) is 11.1 Å². The summed E-state index contributed by atoms with van der Waals surface area (Å²) in [5.41, 5.74) is 1.53. The molecule has 2 aromatic carbocycles. The molecule has 0 aliphatic carbocycles. The first-order valence-electron chi connectivity index (χ1n) is 8.30. The molecule has 0 fully saturated rings. The van der Waals surface area contributed by atoms with E-state index in [-0.39, 0.29) is 18.9 Å². The van der Waals surface area contributed by atoms with Gasteiger partial charge in [-0.2, -0.15) is 0 Å². The van der Waals surface area contributed by atoms with E-state index in [9.17, 15) is 9.90 Å². The van der Waals surface area contributed by atoms with Crippen molar-refractivity contribution in [3.8, 4) is 5.75 Å². The van der Waals surface area contributed by atoms with E-state index in [1.807, 2.05) is 18.2 Å². The first-order chi connectivity index (χ1) is 13.1. The van der Waals surface area contributed by atoms with Gasteiger partial charge in [-0.25, -0.2) is 9.67 Å². The van der Waals surface area contributed by atoms with E-state index in [1.165, 1.54) is 11.0 Å². The lowest BCUT2D eigenvalue weighted by Crippen LogP contribution is -2.24. The average molecular weight is 387 g/mol. The Morgan fingerprint density at radius 3 is 2.70 bits per heavy atom. The Bertz CT molecular complexity index is 911. The number of hydrogen-bond acceptors (Lipinski definition) is 5. The minimum atomic E-state index is -0.781. The smallest absolute Gasteiger partial charge is 0.291 e. The third kappa shape index (κ3) is 4.84.